The maximum atomic E-state index is 13.0. The fourth-order valence-electron chi connectivity index (χ4n) is 6.15. The summed E-state index contributed by atoms with van der Waals surface area (Å²) >= 11 is 0. The first-order chi connectivity index (χ1) is 15.0. The van der Waals surface area contributed by atoms with E-state index in [4.69, 9.17) is 18.9 Å². The van der Waals surface area contributed by atoms with Gasteiger partial charge in [-0.2, -0.15) is 0 Å². The molecule has 184 valence electrons. The zero-order chi connectivity index (χ0) is 23.8. The minimum Gasteiger partial charge on any atom is -0.468 e. The first-order valence-electron chi connectivity index (χ1n) is 11.6. The highest BCUT2D eigenvalue weighted by atomic mass is 16.7. The second-order valence-electron chi connectivity index (χ2n) is 10.5. The van der Waals surface area contributed by atoms with Gasteiger partial charge in [-0.1, -0.05) is 0 Å². The molecule has 32 heavy (non-hydrogen) atoms. The Bertz CT molecular complexity index is 701. The lowest BCUT2D eigenvalue weighted by Gasteiger charge is -2.60. The lowest BCUT2D eigenvalue weighted by Crippen LogP contribution is -2.66. The van der Waals surface area contributed by atoms with Crippen molar-refractivity contribution in [3.05, 3.63) is 0 Å². The molecule has 3 rings (SSSR count). The van der Waals surface area contributed by atoms with Crippen LogP contribution < -0.4 is 0 Å². The lowest BCUT2D eigenvalue weighted by molar-refractivity contribution is -0.255. The van der Waals surface area contributed by atoms with E-state index in [9.17, 15) is 19.8 Å². The number of amides is 1. The van der Waals surface area contributed by atoms with Crippen LogP contribution in [0.15, 0.2) is 0 Å². The van der Waals surface area contributed by atoms with Gasteiger partial charge in [0.15, 0.2) is 5.79 Å². The molecule has 0 aromatic heterocycles. The van der Waals surface area contributed by atoms with E-state index in [1.807, 2.05) is 27.7 Å². The van der Waals surface area contributed by atoms with E-state index in [1.54, 1.807) is 4.90 Å². The van der Waals surface area contributed by atoms with Crippen molar-refractivity contribution in [3.8, 4) is 0 Å². The Hall–Kier alpha value is -1.42. The number of rotatable bonds is 5. The summed E-state index contributed by atoms with van der Waals surface area (Å²) in [6.45, 7) is 8.54. The average Bonchev–Trinajstić information content (AvgIpc) is 3.18. The topological polar surface area (TPSA) is 115 Å². The van der Waals surface area contributed by atoms with Gasteiger partial charge in [-0.15, -0.1) is 0 Å². The van der Waals surface area contributed by atoms with E-state index in [-0.39, 0.29) is 0 Å². The van der Waals surface area contributed by atoms with E-state index < -0.39 is 52.9 Å². The summed E-state index contributed by atoms with van der Waals surface area (Å²) in [5.74, 6) is -1.80. The summed E-state index contributed by atoms with van der Waals surface area (Å²) in [7, 11) is 1.27. The van der Waals surface area contributed by atoms with Gasteiger partial charge in [0.1, 0.15) is 11.0 Å². The molecule has 0 radical (unpaired) electrons. The fraction of sp³-hybridized carbons (Fsp3) is 0.913. The van der Waals surface area contributed by atoms with Gasteiger partial charge in [0.25, 0.3) is 0 Å². The second-order valence-corrected chi connectivity index (χ2v) is 10.5. The monoisotopic (exact) mass is 457 g/mol. The number of nitrogens with zero attached hydrogens (tertiary/aromatic N) is 1. The number of ether oxygens (including phenoxy) is 4. The highest BCUT2D eigenvalue weighted by Crippen LogP contribution is 2.61. The first-order valence-corrected chi connectivity index (χ1v) is 11.6. The Morgan fingerprint density at radius 2 is 1.81 bits per heavy atom. The Morgan fingerprint density at radius 1 is 1.16 bits per heavy atom. The standard InChI is InChI=1S/C23H39NO8/c1-6-24(19(28)32-20(2,3)4)14-21-9-8-17(26)23(15-25,18(27)29-5)16(21)7-10-22(13-21)30-11-12-31-22/h16-17,25-26H,6-15H2,1-5H3/t16-,17+,21-,23-/m0/s1. The zero-order valence-corrected chi connectivity index (χ0v) is 20.0. The Labute approximate surface area is 190 Å². The molecule has 1 amide bonds. The summed E-state index contributed by atoms with van der Waals surface area (Å²) in [6.07, 6.45) is 0.908. The van der Waals surface area contributed by atoms with Gasteiger partial charge in [-0.3, -0.25) is 4.79 Å². The molecule has 2 N–H and O–H groups in total. The number of aliphatic hydroxyl groups excluding tert-OH is 2. The van der Waals surface area contributed by atoms with Gasteiger partial charge in [0.2, 0.25) is 0 Å². The molecule has 9 nitrogen and oxygen atoms in total. The highest BCUT2D eigenvalue weighted by Gasteiger charge is 2.66. The molecule has 0 bridgehead atoms. The number of methoxy groups -OCH3 is 1. The van der Waals surface area contributed by atoms with E-state index in [0.717, 1.165) is 0 Å². The summed E-state index contributed by atoms with van der Waals surface area (Å²) < 4.78 is 22.8. The van der Waals surface area contributed by atoms with Crippen LogP contribution in [0.1, 0.15) is 59.8 Å². The molecular formula is C23H39NO8. The predicted molar refractivity (Wildman–Crippen MR) is 115 cm³/mol. The van der Waals surface area contributed by atoms with Crippen molar-refractivity contribution >= 4 is 12.1 Å². The molecule has 9 heteroatoms. The van der Waals surface area contributed by atoms with E-state index in [0.29, 0.717) is 58.4 Å². The first kappa shape index (κ1) is 25.2. The number of hydrogen-bond acceptors (Lipinski definition) is 8. The minimum absolute atomic E-state index is 0.300. The fourth-order valence-corrected chi connectivity index (χ4v) is 6.15. The summed E-state index contributed by atoms with van der Waals surface area (Å²) in [5.41, 5.74) is -2.72. The second kappa shape index (κ2) is 9.08. The van der Waals surface area contributed by atoms with E-state index >= 15 is 0 Å². The van der Waals surface area contributed by atoms with Crippen LogP contribution in [-0.4, -0.2) is 84.7 Å². The third-order valence-electron chi connectivity index (χ3n) is 7.49. The molecular weight excluding hydrogens is 418 g/mol. The maximum absolute atomic E-state index is 13.0. The molecule has 1 aliphatic heterocycles. The van der Waals surface area contributed by atoms with Crippen LogP contribution >= 0.6 is 0 Å². The third-order valence-corrected chi connectivity index (χ3v) is 7.49. The zero-order valence-electron chi connectivity index (χ0n) is 20.0. The molecule has 2 saturated carbocycles. The summed E-state index contributed by atoms with van der Waals surface area (Å²) in [6, 6.07) is 0. The number of carbonyl (C=O) groups excluding carboxylic acids is 2. The number of aliphatic hydroxyl groups is 2. The smallest absolute Gasteiger partial charge is 0.410 e. The Kier molecular flexibility index (Phi) is 7.15. The van der Waals surface area contributed by atoms with Crippen molar-refractivity contribution in [2.24, 2.45) is 16.7 Å². The molecule has 2 aliphatic carbocycles. The van der Waals surface area contributed by atoms with E-state index in [2.05, 4.69) is 0 Å². The van der Waals surface area contributed by atoms with Crippen molar-refractivity contribution in [1.82, 2.24) is 4.90 Å². The average molecular weight is 458 g/mol. The number of esters is 1. The number of hydrogen-bond donors (Lipinski definition) is 2. The highest BCUT2D eigenvalue weighted by molar-refractivity contribution is 5.78. The molecule has 3 fully saturated rings. The Morgan fingerprint density at radius 3 is 2.34 bits per heavy atom. The van der Waals surface area contributed by atoms with Gasteiger partial charge in [0.05, 0.1) is 33.0 Å². The van der Waals surface area contributed by atoms with Crippen molar-refractivity contribution in [2.75, 3.05) is 40.0 Å². The lowest BCUT2D eigenvalue weighted by atomic mass is 9.48. The molecule has 0 aromatic carbocycles. The van der Waals surface area contributed by atoms with Crippen molar-refractivity contribution in [3.63, 3.8) is 0 Å². The molecule has 0 aromatic rings. The van der Waals surface area contributed by atoms with Crippen molar-refractivity contribution < 1.29 is 38.7 Å². The SMILES string of the molecule is CCN(C[C@@]12CC[C@@H](O)[C@@](CO)(C(=O)OC)[C@H]1CCC1(C2)OCCO1)C(=O)OC(C)(C)C. The van der Waals surface area contributed by atoms with Crippen LogP contribution in [0.25, 0.3) is 0 Å². The van der Waals surface area contributed by atoms with Crippen LogP contribution in [-0.2, 0) is 23.7 Å². The van der Waals surface area contributed by atoms with Gasteiger partial charge in [0, 0.05) is 25.9 Å². The molecule has 1 saturated heterocycles. The molecule has 1 spiro atoms. The van der Waals surface area contributed by atoms with Crippen LogP contribution in [0.2, 0.25) is 0 Å². The quantitative estimate of drug-likeness (QED) is 0.603. The minimum atomic E-state index is -1.46. The maximum Gasteiger partial charge on any atom is 0.410 e. The molecule has 4 atom stereocenters. The van der Waals surface area contributed by atoms with Crippen LogP contribution in [0.4, 0.5) is 4.79 Å². The largest absolute Gasteiger partial charge is 0.468 e. The third kappa shape index (κ3) is 4.36. The normalized spacial score (nSPS) is 34.1. The number of fused-ring (bicyclic) bond motifs is 1. The van der Waals surface area contributed by atoms with E-state index in [1.165, 1.54) is 7.11 Å². The van der Waals surface area contributed by atoms with Crippen LogP contribution in [0, 0.1) is 16.7 Å². The summed E-state index contributed by atoms with van der Waals surface area (Å²) in [5, 5.41) is 21.4. The number of carbonyl (C=O) groups is 2. The van der Waals surface area contributed by atoms with Gasteiger partial charge in [-0.25, -0.2) is 4.79 Å². The summed E-state index contributed by atoms with van der Waals surface area (Å²) in [4.78, 5) is 27.6. The van der Waals surface area contributed by atoms with Gasteiger partial charge < -0.3 is 34.1 Å². The van der Waals surface area contributed by atoms with Crippen molar-refractivity contribution in [2.45, 2.75) is 77.3 Å². The van der Waals surface area contributed by atoms with Crippen molar-refractivity contribution in [1.29, 1.82) is 0 Å². The van der Waals surface area contributed by atoms with Gasteiger partial charge in [-0.05, 0) is 58.3 Å². The molecule has 3 aliphatic rings. The van der Waals surface area contributed by atoms with Crippen LogP contribution in [0.3, 0.4) is 0 Å². The van der Waals surface area contributed by atoms with Gasteiger partial charge >= 0.3 is 12.1 Å². The molecule has 1 heterocycles. The molecule has 0 unspecified atom stereocenters. The Balaban J connectivity index is 2.02. The predicted octanol–water partition coefficient (Wildman–Crippen LogP) is 2.08. The van der Waals surface area contributed by atoms with Crippen LogP contribution in [0.5, 0.6) is 0 Å².